The van der Waals surface area contributed by atoms with E-state index in [2.05, 4.69) is 5.32 Å². The number of hydrogen-bond donors (Lipinski definition) is 1. The van der Waals surface area contributed by atoms with E-state index in [-0.39, 0.29) is 11.9 Å². The number of rotatable bonds is 3. The summed E-state index contributed by atoms with van der Waals surface area (Å²) < 4.78 is 0. The lowest BCUT2D eigenvalue weighted by atomic mass is 9.95. The molecule has 7 heteroatoms. The Morgan fingerprint density at radius 1 is 1.30 bits per heavy atom. The molecule has 0 aromatic heterocycles. The highest BCUT2D eigenvalue weighted by atomic mass is 35.5. The molecule has 3 amide bonds. The number of halogens is 2. The molecule has 0 fully saturated rings. The smallest absolute Gasteiger partial charge is 0.322 e. The second kappa shape index (κ2) is 6.06. The van der Waals surface area contributed by atoms with Crippen LogP contribution in [0.5, 0.6) is 0 Å². The molecule has 0 saturated carbocycles. The molecular formula is C16H17Cl2N3O2. The van der Waals surface area contributed by atoms with Crippen molar-refractivity contribution in [1.82, 2.24) is 15.1 Å². The Morgan fingerprint density at radius 3 is 2.74 bits per heavy atom. The number of carbonyl (C=O) groups excluding carboxylic acids is 2. The number of nitrogens with one attached hydrogen (secondary N) is 1. The third kappa shape index (κ3) is 2.58. The topological polar surface area (TPSA) is 52.7 Å². The van der Waals surface area contributed by atoms with Gasteiger partial charge in [-0.25, -0.2) is 4.79 Å². The molecule has 23 heavy (non-hydrogen) atoms. The summed E-state index contributed by atoms with van der Waals surface area (Å²) in [4.78, 5) is 28.3. The van der Waals surface area contributed by atoms with Gasteiger partial charge in [0.05, 0.1) is 33.9 Å². The maximum atomic E-state index is 12.8. The Balaban J connectivity index is 2.09. The van der Waals surface area contributed by atoms with Gasteiger partial charge >= 0.3 is 6.03 Å². The molecule has 0 bridgehead atoms. The quantitative estimate of drug-likeness (QED) is 0.906. The SMILES string of the molecule is CCCN1CC2=C(C1=O)[C@@H](c1cccc(Cl)c1Cl)NC(=O)N2C. The summed E-state index contributed by atoms with van der Waals surface area (Å²) in [5.74, 6) is -0.0604. The Morgan fingerprint density at radius 2 is 2.04 bits per heavy atom. The van der Waals surface area contributed by atoms with Gasteiger partial charge in [-0.15, -0.1) is 0 Å². The molecular weight excluding hydrogens is 337 g/mol. The first kappa shape index (κ1) is 16.1. The van der Waals surface area contributed by atoms with E-state index in [0.29, 0.717) is 34.3 Å². The molecule has 0 aliphatic carbocycles. The van der Waals surface area contributed by atoms with Gasteiger partial charge in [0.1, 0.15) is 0 Å². The Labute approximate surface area is 144 Å². The second-order valence-corrected chi connectivity index (χ2v) is 6.46. The summed E-state index contributed by atoms with van der Waals surface area (Å²) in [5.41, 5.74) is 1.94. The zero-order valence-electron chi connectivity index (χ0n) is 12.9. The standard InChI is InChI=1S/C16H17Cl2N3O2/c1-3-7-21-8-11-12(15(21)22)14(19-16(23)20(11)2)9-5-4-6-10(17)13(9)18/h4-6,14H,3,7-8H2,1-2H3,(H,19,23)/t14-/m1/s1. The summed E-state index contributed by atoms with van der Waals surface area (Å²) in [7, 11) is 1.67. The van der Waals surface area contributed by atoms with Crippen molar-refractivity contribution in [3.63, 3.8) is 0 Å². The number of urea groups is 1. The van der Waals surface area contributed by atoms with E-state index >= 15 is 0 Å². The number of carbonyl (C=O) groups is 2. The van der Waals surface area contributed by atoms with Crippen molar-refractivity contribution in [2.24, 2.45) is 0 Å². The van der Waals surface area contributed by atoms with Crippen LogP contribution in [0.15, 0.2) is 29.5 Å². The van der Waals surface area contributed by atoms with E-state index in [1.807, 2.05) is 6.92 Å². The molecule has 0 radical (unpaired) electrons. The fourth-order valence-electron chi connectivity index (χ4n) is 3.05. The molecule has 1 atom stereocenters. The van der Waals surface area contributed by atoms with Crippen molar-refractivity contribution in [2.75, 3.05) is 20.1 Å². The maximum Gasteiger partial charge on any atom is 0.322 e. The van der Waals surface area contributed by atoms with Gasteiger partial charge in [0.15, 0.2) is 0 Å². The van der Waals surface area contributed by atoms with Gasteiger partial charge in [-0.2, -0.15) is 0 Å². The summed E-state index contributed by atoms with van der Waals surface area (Å²) in [6.45, 7) is 3.12. The van der Waals surface area contributed by atoms with Gasteiger partial charge in [-0.3, -0.25) is 9.69 Å². The predicted octanol–water partition coefficient (Wildman–Crippen LogP) is 3.20. The lowest BCUT2D eigenvalue weighted by molar-refractivity contribution is -0.125. The average molecular weight is 354 g/mol. The minimum atomic E-state index is -0.575. The lowest BCUT2D eigenvalue weighted by Gasteiger charge is -2.31. The number of nitrogens with zero attached hydrogens (tertiary/aromatic N) is 2. The molecule has 0 spiro atoms. The van der Waals surface area contributed by atoms with Crippen LogP contribution in [0.25, 0.3) is 0 Å². The van der Waals surface area contributed by atoms with E-state index < -0.39 is 6.04 Å². The molecule has 1 aromatic rings. The van der Waals surface area contributed by atoms with Crippen molar-refractivity contribution in [1.29, 1.82) is 0 Å². The van der Waals surface area contributed by atoms with Crippen LogP contribution in [0.4, 0.5) is 4.79 Å². The van der Waals surface area contributed by atoms with Crippen molar-refractivity contribution in [3.8, 4) is 0 Å². The number of likely N-dealkylation sites (N-methyl/N-ethyl adjacent to an activating group) is 1. The first-order valence-corrected chi connectivity index (χ1v) is 8.21. The first-order valence-electron chi connectivity index (χ1n) is 7.46. The van der Waals surface area contributed by atoms with Gasteiger partial charge in [0, 0.05) is 13.6 Å². The number of amides is 3. The highest BCUT2D eigenvalue weighted by molar-refractivity contribution is 6.42. The van der Waals surface area contributed by atoms with E-state index in [1.165, 1.54) is 4.90 Å². The van der Waals surface area contributed by atoms with Crippen LogP contribution in [0, 0.1) is 0 Å². The van der Waals surface area contributed by atoms with Crippen LogP contribution in [-0.2, 0) is 4.79 Å². The van der Waals surface area contributed by atoms with Crippen LogP contribution in [0.1, 0.15) is 24.9 Å². The van der Waals surface area contributed by atoms with Crippen LogP contribution in [-0.4, -0.2) is 41.9 Å². The molecule has 0 unspecified atom stereocenters. The Bertz CT molecular complexity index is 717. The van der Waals surface area contributed by atoms with Gasteiger partial charge in [-0.1, -0.05) is 42.3 Å². The molecule has 3 rings (SSSR count). The third-order valence-corrected chi connectivity index (χ3v) is 5.05. The van der Waals surface area contributed by atoms with Gasteiger partial charge in [0.2, 0.25) is 0 Å². The maximum absolute atomic E-state index is 12.8. The van der Waals surface area contributed by atoms with Gasteiger partial charge in [0.25, 0.3) is 5.91 Å². The second-order valence-electron chi connectivity index (χ2n) is 5.67. The van der Waals surface area contributed by atoms with Crippen molar-refractivity contribution >= 4 is 35.1 Å². The van der Waals surface area contributed by atoms with Crippen molar-refractivity contribution < 1.29 is 9.59 Å². The van der Waals surface area contributed by atoms with Crippen LogP contribution >= 0.6 is 23.2 Å². The number of benzene rings is 1. The lowest BCUT2D eigenvalue weighted by Crippen LogP contribution is -2.45. The van der Waals surface area contributed by atoms with Crippen molar-refractivity contribution in [2.45, 2.75) is 19.4 Å². The third-order valence-electron chi connectivity index (χ3n) is 4.22. The fourth-order valence-corrected chi connectivity index (χ4v) is 3.47. The van der Waals surface area contributed by atoms with Crippen LogP contribution in [0.3, 0.4) is 0 Å². The van der Waals surface area contributed by atoms with Gasteiger partial charge < -0.3 is 10.2 Å². The number of hydrogen-bond acceptors (Lipinski definition) is 2. The molecule has 1 N–H and O–H groups in total. The van der Waals surface area contributed by atoms with Crippen LogP contribution in [0.2, 0.25) is 10.0 Å². The predicted molar refractivity (Wildman–Crippen MR) is 89.4 cm³/mol. The summed E-state index contributed by atoms with van der Waals surface area (Å²) in [6.07, 6.45) is 0.861. The Kier molecular flexibility index (Phi) is 4.25. The molecule has 2 aliphatic rings. The highest BCUT2D eigenvalue weighted by Crippen LogP contribution is 2.39. The van der Waals surface area contributed by atoms with E-state index in [0.717, 1.165) is 12.1 Å². The van der Waals surface area contributed by atoms with Gasteiger partial charge in [-0.05, 0) is 18.1 Å². The van der Waals surface area contributed by atoms with Crippen LogP contribution < -0.4 is 5.32 Å². The molecule has 5 nitrogen and oxygen atoms in total. The van der Waals surface area contributed by atoms with E-state index in [9.17, 15) is 9.59 Å². The Hall–Kier alpha value is -1.72. The minimum absolute atomic E-state index is 0.0604. The monoisotopic (exact) mass is 353 g/mol. The molecule has 0 saturated heterocycles. The zero-order valence-corrected chi connectivity index (χ0v) is 14.4. The zero-order chi connectivity index (χ0) is 16.7. The molecule has 2 heterocycles. The van der Waals surface area contributed by atoms with Crippen molar-refractivity contribution in [3.05, 3.63) is 45.1 Å². The van der Waals surface area contributed by atoms with E-state index in [1.54, 1.807) is 30.1 Å². The minimum Gasteiger partial charge on any atom is -0.333 e. The highest BCUT2D eigenvalue weighted by Gasteiger charge is 2.43. The largest absolute Gasteiger partial charge is 0.333 e. The summed E-state index contributed by atoms with van der Waals surface area (Å²) in [6, 6.07) is 4.40. The first-order chi connectivity index (χ1) is 11.0. The normalized spacial score (nSPS) is 21.0. The molecule has 122 valence electrons. The van der Waals surface area contributed by atoms with E-state index in [4.69, 9.17) is 23.2 Å². The fraction of sp³-hybridized carbons (Fsp3) is 0.375. The molecule has 2 aliphatic heterocycles. The summed E-state index contributed by atoms with van der Waals surface area (Å²) in [5, 5.41) is 3.61. The molecule has 1 aromatic carbocycles. The average Bonchev–Trinajstić information content (AvgIpc) is 2.84. The summed E-state index contributed by atoms with van der Waals surface area (Å²) >= 11 is 12.4.